The molecular weight excluding hydrogens is 239 g/mol. The van der Waals surface area contributed by atoms with Crippen LogP contribution in [0.4, 0.5) is 4.39 Å². The molecule has 1 nitrogen and oxygen atoms in total. The number of halogens is 2. The van der Waals surface area contributed by atoms with Gasteiger partial charge in [-0.1, -0.05) is 43.9 Å². The Hall–Kier alpha value is -0.890. The summed E-state index contributed by atoms with van der Waals surface area (Å²) in [6, 6.07) is 4.45. The SMILES string of the molecule is CCCCCCC(=O)Cc1ccc(F)c(Cl)c1. The zero-order chi connectivity index (χ0) is 12.7. The molecule has 0 saturated carbocycles. The standard InChI is InChI=1S/C14H18ClFO/c1-2-3-4-5-6-12(17)9-11-7-8-14(16)13(15)10-11/h7-8,10H,2-6,9H2,1H3. The van der Waals surface area contributed by atoms with Crippen molar-refractivity contribution in [3.05, 3.63) is 34.6 Å². The highest BCUT2D eigenvalue weighted by atomic mass is 35.5. The molecule has 0 aliphatic heterocycles. The number of carbonyl (C=O) groups is 1. The normalized spacial score (nSPS) is 10.5. The van der Waals surface area contributed by atoms with Crippen molar-refractivity contribution < 1.29 is 9.18 Å². The minimum atomic E-state index is -0.439. The molecule has 0 N–H and O–H groups in total. The molecule has 17 heavy (non-hydrogen) atoms. The molecule has 1 aromatic carbocycles. The largest absolute Gasteiger partial charge is 0.299 e. The Bertz CT molecular complexity index is 376. The van der Waals surface area contributed by atoms with Crippen LogP contribution in [-0.4, -0.2) is 5.78 Å². The van der Waals surface area contributed by atoms with Gasteiger partial charge in [0, 0.05) is 12.8 Å². The molecule has 0 unspecified atom stereocenters. The molecule has 0 spiro atoms. The van der Waals surface area contributed by atoms with Gasteiger partial charge in [-0.3, -0.25) is 4.79 Å². The lowest BCUT2D eigenvalue weighted by molar-refractivity contribution is -0.118. The van der Waals surface area contributed by atoms with Crippen LogP contribution in [0.2, 0.25) is 5.02 Å². The highest BCUT2D eigenvalue weighted by Crippen LogP contribution is 2.17. The van der Waals surface area contributed by atoms with Gasteiger partial charge in [-0.15, -0.1) is 0 Å². The van der Waals surface area contributed by atoms with Gasteiger partial charge in [-0.2, -0.15) is 0 Å². The Morgan fingerprint density at radius 3 is 2.71 bits per heavy atom. The lowest BCUT2D eigenvalue weighted by Crippen LogP contribution is -2.02. The fourth-order valence-electron chi connectivity index (χ4n) is 1.71. The number of ketones is 1. The third-order valence-corrected chi connectivity index (χ3v) is 2.98. The van der Waals surface area contributed by atoms with E-state index in [0.29, 0.717) is 12.8 Å². The summed E-state index contributed by atoms with van der Waals surface area (Å²) < 4.78 is 12.9. The van der Waals surface area contributed by atoms with Crippen LogP contribution in [0, 0.1) is 5.82 Å². The zero-order valence-corrected chi connectivity index (χ0v) is 10.9. The van der Waals surface area contributed by atoms with Gasteiger partial charge in [0.2, 0.25) is 0 Å². The number of hydrogen-bond donors (Lipinski definition) is 0. The molecule has 1 rings (SSSR count). The van der Waals surface area contributed by atoms with Gasteiger partial charge in [0.1, 0.15) is 11.6 Å². The molecule has 0 aliphatic rings. The Balaban J connectivity index is 2.37. The fraction of sp³-hybridized carbons (Fsp3) is 0.500. The molecule has 0 heterocycles. The van der Waals surface area contributed by atoms with Crippen molar-refractivity contribution in [1.29, 1.82) is 0 Å². The zero-order valence-electron chi connectivity index (χ0n) is 10.1. The number of carbonyl (C=O) groups excluding carboxylic acids is 1. The Kier molecular flexibility index (Phi) is 6.20. The quantitative estimate of drug-likeness (QED) is 0.654. The molecule has 0 atom stereocenters. The second-order valence-electron chi connectivity index (χ2n) is 4.27. The highest BCUT2D eigenvalue weighted by Gasteiger charge is 2.06. The Labute approximate surface area is 107 Å². The number of Topliss-reactive ketones (excluding diaryl/α,β-unsaturated/α-hetero) is 1. The van der Waals surface area contributed by atoms with E-state index in [1.54, 1.807) is 6.07 Å². The third-order valence-electron chi connectivity index (χ3n) is 2.69. The number of unbranched alkanes of at least 4 members (excludes halogenated alkanes) is 3. The van der Waals surface area contributed by atoms with Crippen molar-refractivity contribution >= 4 is 17.4 Å². The summed E-state index contributed by atoms with van der Waals surface area (Å²) in [6.07, 6.45) is 5.35. The first kappa shape index (κ1) is 14.2. The van der Waals surface area contributed by atoms with Crippen molar-refractivity contribution in [2.24, 2.45) is 0 Å². The summed E-state index contributed by atoms with van der Waals surface area (Å²) in [6.45, 7) is 2.14. The number of benzene rings is 1. The van der Waals surface area contributed by atoms with E-state index in [-0.39, 0.29) is 10.8 Å². The van der Waals surface area contributed by atoms with Gasteiger partial charge in [0.25, 0.3) is 0 Å². The first-order chi connectivity index (χ1) is 8.13. The minimum Gasteiger partial charge on any atom is -0.299 e. The molecule has 0 fully saturated rings. The average Bonchev–Trinajstić information content (AvgIpc) is 2.30. The first-order valence-electron chi connectivity index (χ1n) is 6.09. The highest BCUT2D eigenvalue weighted by molar-refractivity contribution is 6.30. The average molecular weight is 257 g/mol. The summed E-state index contributed by atoms with van der Waals surface area (Å²) in [5.74, 6) is -0.241. The van der Waals surface area contributed by atoms with Crippen LogP contribution in [0.3, 0.4) is 0 Å². The smallest absolute Gasteiger partial charge is 0.141 e. The molecule has 0 bridgehead atoms. The molecule has 3 heteroatoms. The maximum absolute atomic E-state index is 12.9. The van der Waals surface area contributed by atoms with E-state index in [2.05, 4.69) is 6.92 Å². The second kappa shape index (κ2) is 7.44. The van der Waals surface area contributed by atoms with Crippen LogP contribution in [0.25, 0.3) is 0 Å². The van der Waals surface area contributed by atoms with E-state index in [0.717, 1.165) is 18.4 Å². The van der Waals surface area contributed by atoms with E-state index in [4.69, 9.17) is 11.6 Å². The fourth-order valence-corrected chi connectivity index (χ4v) is 1.92. The Morgan fingerprint density at radius 2 is 2.06 bits per heavy atom. The van der Waals surface area contributed by atoms with Crippen molar-refractivity contribution in [2.75, 3.05) is 0 Å². The molecule has 0 aliphatic carbocycles. The minimum absolute atomic E-state index is 0.0845. The number of rotatable bonds is 7. The van der Waals surface area contributed by atoms with Gasteiger partial charge in [-0.05, 0) is 24.1 Å². The molecule has 0 aromatic heterocycles. The van der Waals surface area contributed by atoms with Crippen molar-refractivity contribution in [3.8, 4) is 0 Å². The predicted molar refractivity (Wildman–Crippen MR) is 68.9 cm³/mol. The second-order valence-corrected chi connectivity index (χ2v) is 4.68. The predicted octanol–water partition coefficient (Wildman–Crippen LogP) is 4.56. The summed E-state index contributed by atoms with van der Waals surface area (Å²) in [7, 11) is 0. The van der Waals surface area contributed by atoms with Crippen LogP contribution < -0.4 is 0 Å². The van der Waals surface area contributed by atoms with Crippen LogP contribution in [-0.2, 0) is 11.2 Å². The molecule has 0 radical (unpaired) electrons. The molecule has 0 saturated heterocycles. The number of hydrogen-bond acceptors (Lipinski definition) is 1. The van der Waals surface area contributed by atoms with Gasteiger partial charge in [-0.25, -0.2) is 4.39 Å². The molecule has 94 valence electrons. The van der Waals surface area contributed by atoms with Gasteiger partial charge >= 0.3 is 0 Å². The first-order valence-corrected chi connectivity index (χ1v) is 6.47. The van der Waals surface area contributed by atoms with E-state index in [1.165, 1.54) is 25.0 Å². The lowest BCUT2D eigenvalue weighted by Gasteiger charge is -2.02. The maximum atomic E-state index is 12.9. The monoisotopic (exact) mass is 256 g/mol. The maximum Gasteiger partial charge on any atom is 0.141 e. The molecule has 1 aromatic rings. The topological polar surface area (TPSA) is 17.1 Å². The summed E-state index contributed by atoms with van der Waals surface area (Å²) in [4.78, 5) is 11.6. The van der Waals surface area contributed by atoms with Crippen LogP contribution >= 0.6 is 11.6 Å². The third kappa shape index (κ3) is 5.31. The van der Waals surface area contributed by atoms with Crippen molar-refractivity contribution in [1.82, 2.24) is 0 Å². The van der Waals surface area contributed by atoms with E-state index in [1.807, 2.05) is 0 Å². The molecular formula is C14H18ClFO. The summed E-state index contributed by atoms with van der Waals surface area (Å²) in [5, 5.41) is 0.0845. The van der Waals surface area contributed by atoms with Gasteiger partial charge < -0.3 is 0 Å². The van der Waals surface area contributed by atoms with Gasteiger partial charge in [0.05, 0.1) is 5.02 Å². The Morgan fingerprint density at radius 1 is 1.29 bits per heavy atom. The lowest BCUT2D eigenvalue weighted by atomic mass is 10.0. The van der Waals surface area contributed by atoms with E-state index in [9.17, 15) is 9.18 Å². The van der Waals surface area contributed by atoms with E-state index < -0.39 is 5.82 Å². The van der Waals surface area contributed by atoms with Gasteiger partial charge in [0.15, 0.2) is 0 Å². The van der Waals surface area contributed by atoms with Crippen molar-refractivity contribution in [3.63, 3.8) is 0 Å². The van der Waals surface area contributed by atoms with Crippen LogP contribution in [0.5, 0.6) is 0 Å². The van der Waals surface area contributed by atoms with Crippen LogP contribution in [0.1, 0.15) is 44.6 Å². The van der Waals surface area contributed by atoms with Crippen molar-refractivity contribution in [2.45, 2.75) is 45.4 Å². The van der Waals surface area contributed by atoms with Crippen LogP contribution in [0.15, 0.2) is 18.2 Å². The summed E-state index contributed by atoms with van der Waals surface area (Å²) >= 11 is 5.66. The van der Waals surface area contributed by atoms with E-state index >= 15 is 0 Å². The summed E-state index contributed by atoms with van der Waals surface area (Å²) in [5.41, 5.74) is 0.789. The molecule has 0 amide bonds.